The second kappa shape index (κ2) is 9.89. The number of carbonyl (C=O) groups is 1. The average Bonchev–Trinajstić information content (AvgIpc) is 3.30. The molecule has 0 bridgehead atoms. The molecule has 11 heteroatoms. The van der Waals surface area contributed by atoms with Gasteiger partial charge in [-0.1, -0.05) is 17.9 Å². The topological polar surface area (TPSA) is 65.6 Å². The number of alkyl halides is 3. The Morgan fingerprint density at radius 1 is 1.14 bits per heavy atom. The number of ether oxygens (including phenoxy) is 1. The molecule has 0 N–H and O–H groups in total. The first kappa shape index (κ1) is 25.6. The molecule has 1 aromatic carbocycles. The number of benzene rings is 1. The van der Waals surface area contributed by atoms with E-state index < -0.39 is 46.3 Å². The van der Waals surface area contributed by atoms with E-state index in [1.165, 1.54) is 36.1 Å². The molecule has 4 aromatic rings. The number of pyridine rings is 2. The van der Waals surface area contributed by atoms with E-state index in [0.29, 0.717) is 6.20 Å². The third kappa shape index (κ3) is 4.95. The second-order valence-electron chi connectivity index (χ2n) is 8.05. The Bertz CT molecular complexity index is 1630. The summed E-state index contributed by atoms with van der Waals surface area (Å²) in [4.78, 5) is 25.1. The van der Waals surface area contributed by atoms with Crippen LogP contribution in [0.25, 0.3) is 5.52 Å². The Hall–Kier alpha value is -4.46. The second-order valence-corrected chi connectivity index (χ2v) is 8.05. The van der Waals surface area contributed by atoms with E-state index in [2.05, 4.69) is 16.9 Å². The van der Waals surface area contributed by atoms with Crippen LogP contribution in [0.2, 0.25) is 0 Å². The van der Waals surface area contributed by atoms with Crippen molar-refractivity contribution in [3.8, 4) is 11.8 Å². The lowest BCUT2D eigenvalue weighted by Crippen LogP contribution is -2.23. The molecule has 0 saturated carbocycles. The summed E-state index contributed by atoms with van der Waals surface area (Å²) in [5.41, 5.74) is -2.65. The summed E-state index contributed by atoms with van der Waals surface area (Å²) in [7, 11) is 2.55. The zero-order valence-electron chi connectivity index (χ0n) is 19.4. The van der Waals surface area contributed by atoms with E-state index in [0.717, 1.165) is 29.8 Å². The third-order valence-electron chi connectivity index (χ3n) is 5.78. The van der Waals surface area contributed by atoms with Crippen molar-refractivity contribution in [3.05, 3.63) is 105 Å². The number of aromatic nitrogens is 3. The number of halogens is 5. The van der Waals surface area contributed by atoms with Gasteiger partial charge in [-0.2, -0.15) is 18.3 Å². The molecule has 6 nitrogen and oxygen atoms in total. The molecular weight excluding hydrogens is 497 g/mol. The van der Waals surface area contributed by atoms with Crippen LogP contribution < -0.4 is 5.56 Å². The minimum Gasteiger partial charge on any atom is -0.465 e. The first-order chi connectivity index (χ1) is 17.5. The molecule has 3 aromatic heterocycles. The maximum Gasteiger partial charge on any atom is 0.420 e. The molecule has 1 unspecified atom stereocenters. The number of fused-ring (bicyclic) bond motifs is 1. The van der Waals surface area contributed by atoms with Crippen molar-refractivity contribution in [2.24, 2.45) is 7.05 Å². The summed E-state index contributed by atoms with van der Waals surface area (Å²) in [6, 6.07) is 6.98. The monoisotopic (exact) mass is 515 g/mol. The van der Waals surface area contributed by atoms with Crippen LogP contribution in [0.1, 0.15) is 45.0 Å². The quantitative estimate of drug-likeness (QED) is 0.225. The number of methoxy groups -OCH3 is 1. The molecule has 0 aliphatic heterocycles. The van der Waals surface area contributed by atoms with Crippen LogP contribution >= 0.6 is 0 Å². The fraction of sp³-hybridized carbons (Fsp3) is 0.192. The van der Waals surface area contributed by atoms with E-state index >= 15 is 0 Å². The van der Waals surface area contributed by atoms with Crippen LogP contribution in [0.5, 0.6) is 0 Å². The van der Waals surface area contributed by atoms with Crippen LogP contribution in [-0.4, -0.2) is 27.3 Å². The molecule has 0 fully saturated rings. The Morgan fingerprint density at radius 2 is 1.89 bits per heavy atom. The smallest absolute Gasteiger partial charge is 0.420 e. The molecule has 4 rings (SSSR count). The van der Waals surface area contributed by atoms with Crippen molar-refractivity contribution < 1.29 is 31.5 Å². The predicted octanol–water partition coefficient (Wildman–Crippen LogP) is 4.69. The molecule has 1 atom stereocenters. The summed E-state index contributed by atoms with van der Waals surface area (Å²) >= 11 is 0. The lowest BCUT2D eigenvalue weighted by Gasteiger charge is -2.16. The van der Waals surface area contributed by atoms with Crippen molar-refractivity contribution in [2.45, 2.75) is 18.5 Å². The first-order valence-corrected chi connectivity index (χ1v) is 10.8. The number of aryl methyl sites for hydroxylation is 1. The summed E-state index contributed by atoms with van der Waals surface area (Å²) in [5.74, 6) is 1.73. The molecule has 190 valence electrons. The molecule has 0 aliphatic rings. The number of hydrogen-bond acceptors (Lipinski definition) is 4. The summed E-state index contributed by atoms with van der Waals surface area (Å²) in [6.45, 7) is 0. The van der Waals surface area contributed by atoms with Gasteiger partial charge in [0.15, 0.2) is 0 Å². The molecule has 0 amide bonds. The van der Waals surface area contributed by atoms with Gasteiger partial charge in [0.1, 0.15) is 17.2 Å². The number of esters is 1. The molecule has 0 saturated heterocycles. The summed E-state index contributed by atoms with van der Waals surface area (Å²) in [6.07, 6.45) is -1.81. The Labute approximate surface area is 206 Å². The van der Waals surface area contributed by atoms with Crippen LogP contribution in [0.3, 0.4) is 0 Å². The van der Waals surface area contributed by atoms with E-state index in [1.807, 2.05) is 0 Å². The third-order valence-corrected chi connectivity index (χ3v) is 5.78. The number of carbonyl (C=O) groups excluding carboxylic acids is 1. The van der Waals surface area contributed by atoms with Gasteiger partial charge >= 0.3 is 12.1 Å². The van der Waals surface area contributed by atoms with Gasteiger partial charge in [0.05, 0.1) is 30.0 Å². The average molecular weight is 515 g/mol. The standard InChI is InChI=1S/C26H18F5N3O3/c1-33-11-4-7-18(24(33)35)16(20-13-15(27)8-9-22(20)28)5-3-6-17-19(25(36)37-2)10-12-34-23(17)21(14-32-34)26(29,30)31/h4,7-14,16H,5H2,1-2H3. The predicted molar refractivity (Wildman–Crippen MR) is 123 cm³/mol. The van der Waals surface area contributed by atoms with E-state index in [-0.39, 0.29) is 28.7 Å². The largest absolute Gasteiger partial charge is 0.465 e. The van der Waals surface area contributed by atoms with Crippen LogP contribution in [0, 0.1) is 23.5 Å². The molecular formula is C26H18F5N3O3. The number of nitrogens with zero attached hydrogens (tertiary/aromatic N) is 3. The van der Waals surface area contributed by atoms with Crippen LogP contribution in [0.4, 0.5) is 22.0 Å². The van der Waals surface area contributed by atoms with Crippen molar-refractivity contribution in [3.63, 3.8) is 0 Å². The lowest BCUT2D eigenvalue weighted by atomic mass is 9.88. The number of rotatable bonds is 4. The maximum atomic E-state index is 14.7. The van der Waals surface area contributed by atoms with E-state index in [9.17, 15) is 31.5 Å². The fourth-order valence-electron chi connectivity index (χ4n) is 3.99. The molecule has 0 spiro atoms. The summed E-state index contributed by atoms with van der Waals surface area (Å²) < 4.78 is 76.6. The van der Waals surface area contributed by atoms with E-state index in [1.54, 1.807) is 6.07 Å². The van der Waals surface area contributed by atoms with Gasteiger partial charge in [-0.3, -0.25) is 4.79 Å². The fourth-order valence-corrected chi connectivity index (χ4v) is 3.99. The molecule has 3 heterocycles. The van der Waals surface area contributed by atoms with Crippen LogP contribution in [0.15, 0.2) is 59.8 Å². The van der Waals surface area contributed by atoms with Gasteiger partial charge in [0.25, 0.3) is 5.56 Å². The van der Waals surface area contributed by atoms with Crippen molar-refractivity contribution >= 4 is 11.5 Å². The van der Waals surface area contributed by atoms with E-state index in [4.69, 9.17) is 4.74 Å². The molecule has 0 aliphatic carbocycles. The highest BCUT2D eigenvalue weighted by atomic mass is 19.4. The van der Waals surface area contributed by atoms with Gasteiger partial charge in [0, 0.05) is 37.3 Å². The normalized spacial score (nSPS) is 12.2. The molecule has 0 radical (unpaired) electrons. The van der Waals surface area contributed by atoms with Crippen LogP contribution in [-0.2, 0) is 18.0 Å². The van der Waals surface area contributed by atoms with Gasteiger partial charge in [-0.05, 0) is 35.9 Å². The Kier molecular flexibility index (Phi) is 6.85. The van der Waals surface area contributed by atoms with Gasteiger partial charge in [0.2, 0.25) is 0 Å². The number of hydrogen-bond donors (Lipinski definition) is 0. The lowest BCUT2D eigenvalue weighted by molar-refractivity contribution is -0.136. The minimum atomic E-state index is -4.80. The Morgan fingerprint density at radius 3 is 2.59 bits per heavy atom. The van der Waals surface area contributed by atoms with Gasteiger partial charge in [-0.25, -0.2) is 18.1 Å². The molecule has 37 heavy (non-hydrogen) atoms. The van der Waals surface area contributed by atoms with Crippen molar-refractivity contribution in [2.75, 3.05) is 7.11 Å². The van der Waals surface area contributed by atoms with Crippen molar-refractivity contribution in [1.82, 2.24) is 14.2 Å². The highest BCUT2D eigenvalue weighted by Crippen LogP contribution is 2.35. The Balaban J connectivity index is 1.91. The maximum absolute atomic E-state index is 14.7. The van der Waals surface area contributed by atoms with Gasteiger partial charge < -0.3 is 9.30 Å². The summed E-state index contributed by atoms with van der Waals surface area (Å²) in [5, 5.41) is 3.69. The van der Waals surface area contributed by atoms with Crippen molar-refractivity contribution in [1.29, 1.82) is 0 Å². The van der Waals surface area contributed by atoms with Gasteiger partial charge in [-0.15, -0.1) is 0 Å². The zero-order valence-corrected chi connectivity index (χ0v) is 19.4. The SMILES string of the molecule is COC(=O)c1ccn2ncc(C(F)(F)F)c2c1C#CCC(c1cc(F)ccc1F)c1cccn(C)c1=O. The highest BCUT2D eigenvalue weighted by Gasteiger charge is 2.36. The zero-order chi connectivity index (χ0) is 26.9. The highest BCUT2D eigenvalue weighted by molar-refractivity contribution is 5.95. The minimum absolute atomic E-state index is 0.107. The first-order valence-electron chi connectivity index (χ1n) is 10.8.